The van der Waals surface area contributed by atoms with Gasteiger partial charge in [-0.15, -0.1) is 0 Å². The van der Waals surface area contributed by atoms with Crippen LogP contribution in [0.3, 0.4) is 0 Å². The fourth-order valence-corrected chi connectivity index (χ4v) is 3.36. The van der Waals surface area contributed by atoms with Crippen LogP contribution in [-0.2, 0) is 0 Å². The molecule has 0 bridgehead atoms. The van der Waals surface area contributed by atoms with Crippen molar-refractivity contribution in [2.24, 2.45) is 0 Å². The quantitative estimate of drug-likeness (QED) is 0.753. The van der Waals surface area contributed by atoms with E-state index < -0.39 is 0 Å². The molecule has 1 saturated carbocycles. The smallest absolute Gasteiger partial charge is 0.0309 e. The predicted molar refractivity (Wildman–Crippen MR) is 65.1 cm³/mol. The largest absolute Gasteiger partial charge is 0.308 e. The van der Waals surface area contributed by atoms with Crippen LogP contribution < -0.4 is 5.32 Å². The molecular weight excluding hydrogens is 184 g/mol. The molecule has 88 valence electrons. The van der Waals surface area contributed by atoms with Crippen LogP contribution in [0.25, 0.3) is 0 Å². The van der Waals surface area contributed by atoms with Gasteiger partial charge in [0.25, 0.3) is 0 Å². The van der Waals surface area contributed by atoms with E-state index in [0.29, 0.717) is 11.6 Å². The fourth-order valence-electron chi connectivity index (χ4n) is 3.36. The van der Waals surface area contributed by atoms with Gasteiger partial charge >= 0.3 is 0 Å². The molecule has 0 amide bonds. The molecule has 2 fully saturated rings. The normalized spacial score (nSPS) is 31.6. The minimum Gasteiger partial charge on any atom is -0.308 e. The molecule has 1 aliphatic carbocycles. The van der Waals surface area contributed by atoms with Gasteiger partial charge in [-0.1, -0.05) is 19.8 Å². The van der Waals surface area contributed by atoms with E-state index in [1.807, 2.05) is 0 Å². The Balaban J connectivity index is 2.05. The Morgan fingerprint density at radius 3 is 2.53 bits per heavy atom. The first-order valence-corrected chi connectivity index (χ1v) is 6.68. The molecular formula is C13H26N2. The van der Waals surface area contributed by atoms with E-state index in [-0.39, 0.29) is 0 Å². The van der Waals surface area contributed by atoms with Crippen molar-refractivity contribution < 1.29 is 0 Å². The van der Waals surface area contributed by atoms with Crippen molar-refractivity contribution in [2.75, 3.05) is 13.1 Å². The molecule has 2 heteroatoms. The van der Waals surface area contributed by atoms with Crippen LogP contribution in [0.5, 0.6) is 0 Å². The van der Waals surface area contributed by atoms with Gasteiger partial charge in [0.05, 0.1) is 0 Å². The molecule has 2 nitrogen and oxygen atoms in total. The molecule has 2 rings (SSSR count). The van der Waals surface area contributed by atoms with Gasteiger partial charge in [0.15, 0.2) is 0 Å². The van der Waals surface area contributed by atoms with Crippen LogP contribution in [0, 0.1) is 0 Å². The molecule has 2 aliphatic rings. The standard InChI is InChI=1S/C13H26N2/c1-4-12-9-14-13(7-5-6-8-13)10-15(12)11(2)3/h11-12,14H,4-10H2,1-3H3. The average molecular weight is 210 g/mol. The third-order valence-electron chi connectivity index (χ3n) is 4.36. The monoisotopic (exact) mass is 210 g/mol. The van der Waals surface area contributed by atoms with Gasteiger partial charge in [-0.05, 0) is 33.1 Å². The Labute approximate surface area is 94.4 Å². The van der Waals surface area contributed by atoms with Crippen molar-refractivity contribution >= 4 is 0 Å². The number of nitrogens with zero attached hydrogens (tertiary/aromatic N) is 1. The predicted octanol–water partition coefficient (Wildman–Crippen LogP) is 2.39. The number of nitrogens with one attached hydrogen (secondary N) is 1. The summed E-state index contributed by atoms with van der Waals surface area (Å²) in [6.45, 7) is 9.49. The summed E-state index contributed by atoms with van der Waals surface area (Å²) in [6.07, 6.45) is 6.92. The zero-order chi connectivity index (χ0) is 10.9. The summed E-state index contributed by atoms with van der Waals surface area (Å²) in [7, 11) is 0. The van der Waals surface area contributed by atoms with Crippen LogP contribution in [0.1, 0.15) is 52.9 Å². The van der Waals surface area contributed by atoms with Crippen LogP contribution in [0.15, 0.2) is 0 Å². The average Bonchev–Trinajstić information content (AvgIpc) is 2.66. The highest BCUT2D eigenvalue weighted by Crippen LogP contribution is 2.34. The maximum absolute atomic E-state index is 3.84. The summed E-state index contributed by atoms with van der Waals surface area (Å²) in [5.74, 6) is 0. The van der Waals surface area contributed by atoms with Crippen LogP contribution in [0.2, 0.25) is 0 Å². The molecule has 1 spiro atoms. The Kier molecular flexibility index (Phi) is 3.36. The first kappa shape index (κ1) is 11.4. The second-order valence-corrected chi connectivity index (χ2v) is 5.70. The van der Waals surface area contributed by atoms with Gasteiger partial charge in [-0.25, -0.2) is 0 Å². The van der Waals surface area contributed by atoms with Crippen LogP contribution >= 0.6 is 0 Å². The Bertz CT molecular complexity index is 207. The maximum Gasteiger partial charge on any atom is 0.0309 e. The minimum atomic E-state index is 0.482. The van der Waals surface area contributed by atoms with Gasteiger partial charge in [0.2, 0.25) is 0 Å². The lowest BCUT2D eigenvalue weighted by atomic mass is 9.91. The summed E-state index contributed by atoms with van der Waals surface area (Å²) < 4.78 is 0. The van der Waals surface area contributed by atoms with Gasteiger partial charge in [0.1, 0.15) is 0 Å². The summed E-state index contributed by atoms with van der Waals surface area (Å²) in [4.78, 5) is 2.72. The van der Waals surface area contributed by atoms with E-state index >= 15 is 0 Å². The Hall–Kier alpha value is -0.0800. The van der Waals surface area contributed by atoms with Crippen molar-refractivity contribution in [1.29, 1.82) is 0 Å². The third-order valence-corrected chi connectivity index (χ3v) is 4.36. The lowest BCUT2D eigenvalue weighted by molar-refractivity contribution is 0.0528. The van der Waals surface area contributed by atoms with Crippen molar-refractivity contribution in [2.45, 2.75) is 70.5 Å². The molecule has 0 aromatic heterocycles. The fraction of sp³-hybridized carbons (Fsp3) is 1.00. The van der Waals surface area contributed by atoms with Gasteiger partial charge in [-0.3, -0.25) is 4.90 Å². The first-order valence-electron chi connectivity index (χ1n) is 6.68. The molecule has 15 heavy (non-hydrogen) atoms. The van der Waals surface area contributed by atoms with E-state index in [1.54, 1.807) is 0 Å². The molecule has 1 saturated heterocycles. The zero-order valence-corrected chi connectivity index (χ0v) is 10.6. The first-order chi connectivity index (χ1) is 7.17. The van der Waals surface area contributed by atoms with Crippen molar-refractivity contribution in [1.82, 2.24) is 10.2 Å². The SMILES string of the molecule is CCC1CNC2(CCCC2)CN1C(C)C. The second kappa shape index (κ2) is 4.42. The van der Waals surface area contributed by atoms with Gasteiger partial charge < -0.3 is 5.32 Å². The summed E-state index contributed by atoms with van der Waals surface area (Å²) in [5.41, 5.74) is 0.482. The molecule has 1 heterocycles. The highest BCUT2D eigenvalue weighted by Gasteiger charge is 2.41. The van der Waals surface area contributed by atoms with Crippen LogP contribution in [-0.4, -0.2) is 35.6 Å². The summed E-state index contributed by atoms with van der Waals surface area (Å²) in [6, 6.07) is 1.46. The molecule has 1 unspecified atom stereocenters. The van der Waals surface area contributed by atoms with Crippen molar-refractivity contribution in [3.05, 3.63) is 0 Å². The molecule has 1 N–H and O–H groups in total. The number of hydrogen-bond donors (Lipinski definition) is 1. The number of hydrogen-bond acceptors (Lipinski definition) is 2. The number of piperazine rings is 1. The highest BCUT2D eigenvalue weighted by molar-refractivity contribution is 5.01. The molecule has 1 aliphatic heterocycles. The Morgan fingerprint density at radius 1 is 1.33 bits per heavy atom. The maximum atomic E-state index is 3.84. The van der Waals surface area contributed by atoms with Gasteiger partial charge in [0, 0.05) is 30.7 Å². The molecule has 0 aromatic rings. The minimum absolute atomic E-state index is 0.482. The van der Waals surface area contributed by atoms with Crippen molar-refractivity contribution in [3.8, 4) is 0 Å². The van der Waals surface area contributed by atoms with Crippen molar-refractivity contribution in [3.63, 3.8) is 0 Å². The molecule has 0 aromatic carbocycles. The number of rotatable bonds is 2. The lowest BCUT2D eigenvalue weighted by Gasteiger charge is -2.48. The Morgan fingerprint density at radius 2 is 2.00 bits per heavy atom. The van der Waals surface area contributed by atoms with E-state index in [4.69, 9.17) is 0 Å². The van der Waals surface area contributed by atoms with Gasteiger partial charge in [-0.2, -0.15) is 0 Å². The summed E-state index contributed by atoms with van der Waals surface area (Å²) >= 11 is 0. The topological polar surface area (TPSA) is 15.3 Å². The second-order valence-electron chi connectivity index (χ2n) is 5.70. The van der Waals surface area contributed by atoms with E-state index in [1.165, 1.54) is 45.2 Å². The van der Waals surface area contributed by atoms with Crippen LogP contribution in [0.4, 0.5) is 0 Å². The molecule has 1 atom stereocenters. The third kappa shape index (κ3) is 2.21. The zero-order valence-electron chi connectivity index (χ0n) is 10.6. The van der Waals surface area contributed by atoms with E-state index in [2.05, 4.69) is 31.0 Å². The summed E-state index contributed by atoms with van der Waals surface area (Å²) in [5, 5.41) is 3.84. The highest BCUT2D eigenvalue weighted by atomic mass is 15.3. The molecule has 0 radical (unpaired) electrons. The lowest BCUT2D eigenvalue weighted by Crippen LogP contribution is -2.64. The van der Waals surface area contributed by atoms with E-state index in [0.717, 1.165) is 6.04 Å². The van der Waals surface area contributed by atoms with E-state index in [9.17, 15) is 0 Å².